The average Bonchev–Trinajstić information content (AvgIpc) is 2.68. The maximum atomic E-state index is 11.9. The second-order valence-corrected chi connectivity index (χ2v) is 4.81. The quantitative estimate of drug-likeness (QED) is 0.879. The molecule has 0 atom stereocenters. The van der Waals surface area contributed by atoms with E-state index in [1.54, 1.807) is 17.5 Å². The minimum atomic E-state index is -0.259. The summed E-state index contributed by atoms with van der Waals surface area (Å²) in [4.78, 5) is 16.4. The van der Waals surface area contributed by atoms with Crippen LogP contribution in [0.1, 0.15) is 15.2 Å². The number of aromatic nitrogens is 1. The van der Waals surface area contributed by atoms with Gasteiger partial charge in [-0.25, -0.2) is 4.98 Å². The number of thiophene rings is 1. The smallest absolute Gasteiger partial charge is 0.268 e. The molecule has 0 saturated heterocycles. The van der Waals surface area contributed by atoms with Gasteiger partial charge in [0.25, 0.3) is 5.91 Å². The van der Waals surface area contributed by atoms with Gasteiger partial charge in [0.2, 0.25) is 0 Å². The molecule has 2 aromatic heterocycles. The van der Waals surface area contributed by atoms with E-state index in [4.69, 9.17) is 17.3 Å². The number of hydrogen-bond acceptors (Lipinski definition) is 4. The standard InChI is InChI=1S/C11H10ClN3OS/c1-6-4-7(13)5-14-10(6)15-11(16)9-8(12)2-3-17-9/h2-5H,13H2,1H3,(H,14,15,16). The lowest BCUT2D eigenvalue weighted by Crippen LogP contribution is -2.13. The van der Waals surface area contributed by atoms with E-state index in [0.29, 0.717) is 21.4 Å². The molecule has 0 radical (unpaired) electrons. The highest BCUT2D eigenvalue weighted by molar-refractivity contribution is 7.12. The van der Waals surface area contributed by atoms with Crippen LogP contribution in [0, 0.1) is 6.92 Å². The Hall–Kier alpha value is -1.59. The van der Waals surface area contributed by atoms with Crippen molar-refractivity contribution in [1.82, 2.24) is 4.98 Å². The van der Waals surface area contributed by atoms with Crippen LogP contribution >= 0.6 is 22.9 Å². The first kappa shape index (κ1) is 11.9. The van der Waals surface area contributed by atoms with Gasteiger partial charge in [0.05, 0.1) is 16.9 Å². The highest BCUT2D eigenvalue weighted by atomic mass is 35.5. The molecule has 3 N–H and O–H groups in total. The van der Waals surface area contributed by atoms with E-state index in [1.165, 1.54) is 17.5 Å². The zero-order valence-corrected chi connectivity index (χ0v) is 10.6. The number of nitrogens with two attached hydrogens (primary N) is 1. The molecule has 88 valence electrons. The van der Waals surface area contributed by atoms with Crippen molar-refractivity contribution in [1.29, 1.82) is 0 Å². The molecular formula is C11H10ClN3OS. The van der Waals surface area contributed by atoms with Gasteiger partial charge in [0.1, 0.15) is 10.7 Å². The number of carbonyl (C=O) groups excluding carboxylic acids is 1. The zero-order valence-electron chi connectivity index (χ0n) is 9.03. The van der Waals surface area contributed by atoms with E-state index < -0.39 is 0 Å². The number of pyridine rings is 1. The van der Waals surface area contributed by atoms with Crippen molar-refractivity contribution < 1.29 is 4.79 Å². The summed E-state index contributed by atoms with van der Waals surface area (Å²) in [7, 11) is 0. The topological polar surface area (TPSA) is 68.0 Å². The van der Waals surface area contributed by atoms with E-state index in [2.05, 4.69) is 10.3 Å². The third-order valence-electron chi connectivity index (χ3n) is 2.15. The number of carbonyl (C=O) groups is 1. The van der Waals surface area contributed by atoms with Crippen molar-refractivity contribution in [3.8, 4) is 0 Å². The predicted molar refractivity (Wildman–Crippen MR) is 70.7 cm³/mol. The number of aryl methyl sites for hydroxylation is 1. The fourth-order valence-electron chi connectivity index (χ4n) is 1.35. The molecule has 0 fully saturated rings. The fraction of sp³-hybridized carbons (Fsp3) is 0.0909. The Morgan fingerprint density at radius 2 is 2.35 bits per heavy atom. The molecule has 0 bridgehead atoms. The molecule has 0 aliphatic carbocycles. The van der Waals surface area contributed by atoms with Crippen LogP contribution in [0.2, 0.25) is 5.02 Å². The van der Waals surface area contributed by atoms with Crippen molar-refractivity contribution in [3.05, 3.63) is 39.2 Å². The molecular weight excluding hydrogens is 258 g/mol. The Kier molecular flexibility index (Phi) is 3.31. The summed E-state index contributed by atoms with van der Waals surface area (Å²) in [6, 6.07) is 3.43. The van der Waals surface area contributed by atoms with Crippen molar-refractivity contribution in [2.45, 2.75) is 6.92 Å². The van der Waals surface area contributed by atoms with Crippen molar-refractivity contribution in [2.24, 2.45) is 0 Å². The molecule has 0 spiro atoms. The van der Waals surface area contributed by atoms with Crippen LogP contribution in [-0.2, 0) is 0 Å². The Labute approximate surface area is 107 Å². The summed E-state index contributed by atoms with van der Waals surface area (Å²) in [6.07, 6.45) is 1.50. The van der Waals surface area contributed by atoms with Crippen LogP contribution in [0.4, 0.5) is 11.5 Å². The van der Waals surface area contributed by atoms with Gasteiger partial charge < -0.3 is 11.1 Å². The molecule has 2 rings (SSSR count). The van der Waals surface area contributed by atoms with E-state index in [0.717, 1.165) is 5.56 Å². The van der Waals surface area contributed by atoms with E-state index >= 15 is 0 Å². The first-order valence-electron chi connectivity index (χ1n) is 4.84. The lowest BCUT2D eigenvalue weighted by molar-refractivity contribution is 0.103. The van der Waals surface area contributed by atoms with E-state index in [9.17, 15) is 4.79 Å². The normalized spacial score (nSPS) is 10.2. The maximum absolute atomic E-state index is 11.9. The van der Waals surface area contributed by atoms with E-state index in [-0.39, 0.29) is 5.91 Å². The number of hydrogen-bond donors (Lipinski definition) is 2. The van der Waals surface area contributed by atoms with Crippen LogP contribution in [0.3, 0.4) is 0 Å². The Bertz CT molecular complexity index is 568. The van der Waals surface area contributed by atoms with Crippen molar-refractivity contribution >= 4 is 40.4 Å². The van der Waals surface area contributed by atoms with Gasteiger partial charge in [0, 0.05) is 0 Å². The summed E-state index contributed by atoms with van der Waals surface area (Å²) in [5.41, 5.74) is 6.96. The number of nitrogen functional groups attached to an aromatic ring is 1. The first-order chi connectivity index (χ1) is 8.08. The molecule has 0 aromatic carbocycles. The summed E-state index contributed by atoms with van der Waals surface area (Å²) in [6.45, 7) is 1.83. The highest BCUT2D eigenvalue weighted by Gasteiger charge is 2.13. The zero-order chi connectivity index (χ0) is 12.4. The van der Waals surface area contributed by atoms with Crippen LogP contribution in [0.25, 0.3) is 0 Å². The number of rotatable bonds is 2. The minimum Gasteiger partial charge on any atom is -0.397 e. The second-order valence-electron chi connectivity index (χ2n) is 3.49. The number of amides is 1. The van der Waals surface area contributed by atoms with Crippen molar-refractivity contribution in [2.75, 3.05) is 11.1 Å². The molecule has 0 saturated carbocycles. The van der Waals surface area contributed by atoms with Gasteiger partial charge in [-0.05, 0) is 30.0 Å². The summed E-state index contributed by atoms with van der Waals surface area (Å²) < 4.78 is 0. The summed E-state index contributed by atoms with van der Waals surface area (Å²) in [5, 5.41) is 4.91. The lowest BCUT2D eigenvalue weighted by Gasteiger charge is -2.06. The first-order valence-corrected chi connectivity index (χ1v) is 6.10. The lowest BCUT2D eigenvalue weighted by atomic mass is 10.2. The summed E-state index contributed by atoms with van der Waals surface area (Å²) >= 11 is 7.16. The third kappa shape index (κ3) is 2.57. The van der Waals surface area contributed by atoms with Gasteiger partial charge in [-0.15, -0.1) is 11.3 Å². The van der Waals surface area contributed by atoms with Crippen LogP contribution < -0.4 is 11.1 Å². The second kappa shape index (κ2) is 4.73. The number of nitrogens with one attached hydrogen (secondary N) is 1. The number of anilines is 2. The molecule has 0 aliphatic heterocycles. The third-order valence-corrected chi connectivity index (χ3v) is 3.49. The van der Waals surface area contributed by atoms with Crippen LogP contribution in [0.15, 0.2) is 23.7 Å². The minimum absolute atomic E-state index is 0.259. The number of nitrogens with zero attached hydrogens (tertiary/aromatic N) is 1. The Morgan fingerprint density at radius 1 is 1.59 bits per heavy atom. The monoisotopic (exact) mass is 267 g/mol. The highest BCUT2D eigenvalue weighted by Crippen LogP contribution is 2.23. The molecule has 2 heterocycles. The largest absolute Gasteiger partial charge is 0.397 e. The molecule has 0 aliphatic rings. The van der Waals surface area contributed by atoms with Crippen LogP contribution in [0.5, 0.6) is 0 Å². The van der Waals surface area contributed by atoms with Gasteiger partial charge in [-0.3, -0.25) is 4.79 Å². The number of halogens is 1. The fourth-order valence-corrected chi connectivity index (χ4v) is 2.38. The molecule has 4 nitrogen and oxygen atoms in total. The van der Waals surface area contributed by atoms with E-state index in [1.807, 2.05) is 6.92 Å². The Morgan fingerprint density at radius 3 is 2.94 bits per heavy atom. The van der Waals surface area contributed by atoms with Gasteiger partial charge in [0.15, 0.2) is 0 Å². The SMILES string of the molecule is Cc1cc(N)cnc1NC(=O)c1sccc1Cl. The van der Waals surface area contributed by atoms with Gasteiger partial charge in [-0.2, -0.15) is 0 Å². The molecule has 6 heteroatoms. The van der Waals surface area contributed by atoms with Crippen molar-refractivity contribution in [3.63, 3.8) is 0 Å². The predicted octanol–water partition coefficient (Wildman–Crippen LogP) is 2.94. The maximum Gasteiger partial charge on any atom is 0.268 e. The molecule has 2 aromatic rings. The summed E-state index contributed by atoms with van der Waals surface area (Å²) in [5.74, 6) is 0.235. The molecule has 17 heavy (non-hydrogen) atoms. The average molecular weight is 268 g/mol. The van der Waals surface area contributed by atoms with Crippen LogP contribution in [-0.4, -0.2) is 10.9 Å². The van der Waals surface area contributed by atoms with Gasteiger partial charge in [-0.1, -0.05) is 11.6 Å². The Balaban J connectivity index is 2.22. The molecule has 1 amide bonds. The molecule has 0 unspecified atom stereocenters. The van der Waals surface area contributed by atoms with Gasteiger partial charge >= 0.3 is 0 Å².